The Labute approximate surface area is 110 Å². The molecule has 0 aliphatic carbocycles. The Morgan fingerprint density at radius 2 is 2.00 bits per heavy atom. The van der Waals surface area contributed by atoms with Crippen LogP contribution in [0.3, 0.4) is 0 Å². The van der Waals surface area contributed by atoms with Crippen molar-refractivity contribution in [1.29, 1.82) is 0 Å². The number of aliphatic hydroxyl groups excluding tert-OH is 1. The number of nitrogens with zero attached hydrogens (tertiary/aromatic N) is 2. The third kappa shape index (κ3) is 3.82. The minimum absolute atomic E-state index is 0.134. The monoisotopic (exact) mass is 253 g/mol. The van der Waals surface area contributed by atoms with E-state index in [2.05, 4.69) is 45.0 Å². The van der Waals surface area contributed by atoms with Crippen LogP contribution in [0, 0.1) is 11.3 Å². The Kier molecular flexibility index (Phi) is 4.93. The third-order valence-corrected chi connectivity index (χ3v) is 3.52. The predicted octanol–water partition coefficient (Wildman–Crippen LogP) is 2.11. The molecule has 104 valence electrons. The van der Waals surface area contributed by atoms with E-state index in [1.54, 1.807) is 0 Å². The summed E-state index contributed by atoms with van der Waals surface area (Å²) in [7, 11) is 1.92. The molecule has 4 nitrogen and oxygen atoms in total. The molecule has 0 radical (unpaired) electrons. The van der Waals surface area contributed by atoms with Crippen molar-refractivity contribution >= 4 is 0 Å². The summed E-state index contributed by atoms with van der Waals surface area (Å²) >= 11 is 0. The maximum absolute atomic E-state index is 10.2. The molecule has 1 rings (SSSR count). The molecule has 1 heterocycles. The van der Waals surface area contributed by atoms with Gasteiger partial charge in [0, 0.05) is 36.8 Å². The van der Waals surface area contributed by atoms with Gasteiger partial charge in [-0.1, -0.05) is 27.7 Å². The van der Waals surface area contributed by atoms with E-state index in [0.29, 0.717) is 0 Å². The quantitative estimate of drug-likeness (QED) is 0.816. The van der Waals surface area contributed by atoms with Gasteiger partial charge in [-0.2, -0.15) is 5.10 Å². The van der Waals surface area contributed by atoms with E-state index in [1.807, 2.05) is 24.1 Å². The molecule has 2 unspecified atom stereocenters. The highest BCUT2D eigenvalue weighted by atomic mass is 16.3. The first-order valence-corrected chi connectivity index (χ1v) is 6.64. The number of hydrogen-bond donors (Lipinski definition) is 2. The number of aryl methyl sites for hydroxylation is 1. The standard InChI is InChI=1S/C14H27N3O/c1-10(2)13(18)14(4,5)9-15-11(3)12-7-16-17(6)8-12/h7-8,10-11,13,15,18H,9H2,1-6H3. The predicted molar refractivity (Wildman–Crippen MR) is 74.3 cm³/mol. The first-order valence-electron chi connectivity index (χ1n) is 6.64. The highest BCUT2D eigenvalue weighted by Crippen LogP contribution is 2.26. The van der Waals surface area contributed by atoms with E-state index < -0.39 is 0 Å². The smallest absolute Gasteiger partial charge is 0.0626 e. The van der Waals surface area contributed by atoms with Gasteiger partial charge in [-0.15, -0.1) is 0 Å². The zero-order chi connectivity index (χ0) is 13.9. The van der Waals surface area contributed by atoms with E-state index in [9.17, 15) is 5.11 Å². The van der Waals surface area contributed by atoms with Crippen molar-refractivity contribution in [1.82, 2.24) is 15.1 Å². The van der Waals surface area contributed by atoms with Crippen LogP contribution in [0.2, 0.25) is 0 Å². The molecule has 1 aromatic rings. The van der Waals surface area contributed by atoms with Gasteiger partial charge in [0.25, 0.3) is 0 Å². The molecule has 18 heavy (non-hydrogen) atoms. The Balaban J connectivity index is 2.54. The minimum atomic E-state index is -0.300. The van der Waals surface area contributed by atoms with E-state index in [1.165, 1.54) is 5.56 Å². The Hall–Kier alpha value is -0.870. The van der Waals surface area contributed by atoms with Crippen molar-refractivity contribution in [3.63, 3.8) is 0 Å². The third-order valence-electron chi connectivity index (χ3n) is 3.52. The lowest BCUT2D eigenvalue weighted by atomic mass is 9.80. The largest absolute Gasteiger partial charge is 0.392 e. The molecule has 0 aromatic carbocycles. The van der Waals surface area contributed by atoms with Crippen LogP contribution in [-0.2, 0) is 7.05 Å². The van der Waals surface area contributed by atoms with Crippen molar-refractivity contribution in [3.05, 3.63) is 18.0 Å². The van der Waals surface area contributed by atoms with Gasteiger partial charge in [-0.05, 0) is 12.8 Å². The highest BCUT2D eigenvalue weighted by molar-refractivity contribution is 5.09. The molecule has 0 amide bonds. The van der Waals surface area contributed by atoms with Crippen molar-refractivity contribution in [2.45, 2.75) is 46.8 Å². The molecule has 0 saturated carbocycles. The molecular formula is C14H27N3O. The molecular weight excluding hydrogens is 226 g/mol. The van der Waals surface area contributed by atoms with Gasteiger partial charge in [-0.25, -0.2) is 0 Å². The van der Waals surface area contributed by atoms with Gasteiger partial charge in [0.2, 0.25) is 0 Å². The minimum Gasteiger partial charge on any atom is -0.392 e. The van der Waals surface area contributed by atoms with Crippen LogP contribution in [0.1, 0.15) is 46.2 Å². The SMILES string of the molecule is CC(NCC(C)(C)C(O)C(C)C)c1cnn(C)c1. The number of rotatable bonds is 6. The summed E-state index contributed by atoms with van der Waals surface area (Å²) in [5.41, 5.74) is 1.04. The molecule has 1 aromatic heterocycles. The fourth-order valence-corrected chi connectivity index (χ4v) is 2.20. The average Bonchev–Trinajstić information content (AvgIpc) is 2.71. The molecule has 2 N–H and O–H groups in total. The normalized spacial score (nSPS) is 16.0. The van der Waals surface area contributed by atoms with Gasteiger partial charge in [0.15, 0.2) is 0 Å². The van der Waals surface area contributed by atoms with Crippen LogP contribution in [-0.4, -0.2) is 27.5 Å². The van der Waals surface area contributed by atoms with E-state index >= 15 is 0 Å². The molecule has 0 bridgehead atoms. The van der Waals surface area contributed by atoms with Gasteiger partial charge >= 0.3 is 0 Å². The van der Waals surface area contributed by atoms with Gasteiger partial charge in [0.05, 0.1) is 12.3 Å². The van der Waals surface area contributed by atoms with Crippen LogP contribution < -0.4 is 5.32 Å². The Morgan fingerprint density at radius 3 is 2.44 bits per heavy atom. The Bertz CT molecular complexity index is 371. The second-order valence-corrected chi connectivity index (χ2v) is 6.23. The van der Waals surface area contributed by atoms with Crippen LogP contribution in [0.4, 0.5) is 0 Å². The molecule has 2 atom stereocenters. The molecule has 0 fully saturated rings. The first-order chi connectivity index (χ1) is 8.24. The maximum atomic E-state index is 10.2. The van der Waals surface area contributed by atoms with E-state index in [-0.39, 0.29) is 23.5 Å². The lowest BCUT2D eigenvalue weighted by molar-refractivity contribution is 0.0124. The second kappa shape index (κ2) is 5.85. The summed E-state index contributed by atoms with van der Waals surface area (Å²) < 4.78 is 1.81. The van der Waals surface area contributed by atoms with Crippen molar-refractivity contribution in [2.75, 3.05) is 6.54 Å². The number of aliphatic hydroxyl groups is 1. The van der Waals surface area contributed by atoms with Crippen LogP contribution in [0.15, 0.2) is 12.4 Å². The van der Waals surface area contributed by atoms with Crippen LogP contribution in [0.5, 0.6) is 0 Å². The van der Waals surface area contributed by atoms with Crippen molar-refractivity contribution in [3.8, 4) is 0 Å². The van der Waals surface area contributed by atoms with Crippen molar-refractivity contribution < 1.29 is 5.11 Å². The second-order valence-electron chi connectivity index (χ2n) is 6.23. The summed E-state index contributed by atoms with van der Waals surface area (Å²) in [4.78, 5) is 0. The molecule has 4 heteroatoms. The zero-order valence-electron chi connectivity index (χ0n) is 12.4. The fourth-order valence-electron chi connectivity index (χ4n) is 2.20. The van der Waals surface area contributed by atoms with Gasteiger partial charge in [0.1, 0.15) is 0 Å². The summed E-state index contributed by atoms with van der Waals surface area (Å²) in [5, 5.41) is 17.8. The fraction of sp³-hybridized carbons (Fsp3) is 0.786. The highest BCUT2D eigenvalue weighted by Gasteiger charge is 2.30. The molecule has 0 spiro atoms. The Morgan fingerprint density at radius 1 is 1.39 bits per heavy atom. The molecule has 0 aliphatic rings. The topological polar surface area (TPSA) is 50.1 Å². The van der Waals surface area contributed by atoms with E-state index in [0.717, 1.165) is 6.54 Å². The van der Waals surface area contributed by atoms with Gasteiger partial charge < -0.3 is 10.4 Å². The number of nitrogens with one attached hydrogen (secondary N) is 1. The van der Waals surface area contributed by atoms with Crippen LogP contribution in [0.25, 0.3) is 0 Å². The van der Waals surface area contributed by atoms with Crippen molar-refractivity contribution in [2.24, 2.45) is 18.4 Å². The zero-order valence-corrected chi connectivity index (χ0v) is 12.4. The lowest BCUT2D eigenvalue weighted by Gasteiger charge is -2.34. The average molecular weight is 253 g/mol. The van der Waals surface area contributed by atoms with Gasteiger partial charge in [-0.3, -0.25) is 4.68 Å². The summed E-state index contributed by atoms with van der Waals surface area (Å²) in [6, 6.07) is 0.248. The molecule has 0 saturated heterocycles. The lowest BCUT2D eigenvalue weighted by Crippen LogP contribution is -2.42. The summed E-state index contributed by atoms with van der Waals surface area (Å²) in [5.74, 6) is 0.274. The number of hydrogen-bond acceptors (Lipinski definition) is 3. The first kappa shape index (κ1) is 15.2. The summed E-state index contributed by atoms with van der Waals surface area (Å²) in [6.45, 7) is 11.2. The van der Waals surface area contributed by atoms with E-state index in [4.69, 9.17) is 0 Å². The number of aromatic nitrogens is 2. The van der Waals surface area contributed by atoms with Crippen LogP contribution >= 0.6 is 0 Å². The maximum Gasteiger partial charge on any atom is 0.0626 e. The molecule has 0 aliphatic heterocycles. The summed E-state index contributed by atoms with van der Waals surface area (Å²) in [6.07, 6.45) is 3.60.